The summed E-state index contributed by atoms with van der Waals surface area (Å²) in [7, 11) is 0. The molecule has 1 unspecified atom stereocenters. The molecule has 0 amide bonds. The number of carbonyl (C=O) groups is 1. The topological polar surface area (TPSA) is 20.3 Å². The Labute approximate surface area is 100 Å². The van der Waals surface area contributed by atoms with Crippen molar-refractivity contribution in [3.8, 4) is 0 Å². The molecule has 3 heteroatoms. The van der Waals surface area contributed by atoms with Gasteiger partial charge in [0.15, 0.2) is 5.78 Å². The molecule has 0 aromatic heterocycles. The quantitative estimate of drug-likeness (QED) is 0.782. The van der Waals surface area contributed by atoms with Gasteiger partial charge in [-0.2, -0.15) is 0 Å². The van der Waals surface area contributed by atoms with E-state index in [0.29, 0.717) is 11.7 Å². The molecule has 3 aliphatic rings. The maximum Gasteiger partial charge on any atom is 0.163 e. The molecule has 84 valence electrons. The molecular formula is C13H15NOS. The van der Waals surface area contributed by atoms with Crippen LogP contribution in [0.1, 0.15) is 12.8 Å². The van der Waals surface area contributed by atoms with E-state index in [1.165, 1.54) is 4.90 Å². The number of ketones is 1. The van der Waals surface area contributed by atoms with Crippen LogP contribution in [-0.2, 0) is 4.79 Å². The van der Waals surface area contributed by atoms with Crippen LogP contribution < -0.4 is 0 Å². The fourth-order valence-corrected chi connectivity index (χ4v) is 3.80. The van der Waals surface area contributed by atoms with Crippen molar-refractivity contribution < 1.29 is 4.79 Å². The van der Waals surface area contributed by atoms with Crippen molar-refractivity contribution in [2.75, 3.05) is 13.1 Å². The van der Waals surface area contributed by atoms with Crippen LogP contribution in [0.4, 0.5) is 0 Å². The van der Waals surface area contributed by atoms with Gasteiger partial charge in [0.05, 0.1) is 0 Å². The standard InChI is InChI=1S/C13H15NOS/c15-12-10-6-8-14(9-7-10)13(12)16-11-4-2-1-3-5-11/h1-5,10,13H,6-9H2. The van der Waals surface area contributed by atoms with Crippen molar-refractivity contribution >= 4 is 17.5 Å². The highest BCUT2D eigenvalue weighted by Crippen LogP contribution is 2.37. The highest BCUT2D eigenvalue weighted by atomic mass is 32.2. The SMILES string of the molecule is O=C1C2CCN(CC2)C1Sc1ccccc1. The number of nitrogens with zero attached hydrogens (tertiary/aromatic N) is 1. The van der Waals surface area contributed by atoms with E-state index in [0.717, 1.165) is 25.9 Å². The van der Waals surface area contributed by atoms with Gasteiger partial charge in [-0.05, 0) is 25.0 Å². The van der Waals surface area contributed by atoms with Gasteiger partial charge in [0.2, 0.25) is 0 Å². The predicted octanol–water partition coefficient (Wildman–Crippen LogP) is 2.40. The summed E-state index contributed by atoms with van der Waals surface area (Å²) in [6.07, 6.45) is 2.15. The summed E-state index contributed by atoms with van der Waals surface area (Å²) < 4.78 is 0. The first-order chi connectivity index (χ1) is 7.84. The second kappa shape index (κ2) is 4.22. The molecule has 3 fully saturated rings. The number of fused-ring (bicyclic) bond motifs is 3. The second-order valence-corrected chi connectivity index (χ2v) is 5.65. The molecule has 3 heterocycles. The van der Waals surface area contributed by atoms with Crippen molar-refractivity contribution in [3.05, 3.63) is 30.3 Å². The molecular weight excluding hydrogens is 218 g/mol. The molecule has 1 atom stereocenters. The van der Waals surface area contributed by atoms with E-state index in [1.54, 1.807) is 11.8 Å². The largest absolute Gasteiger partial charge is 0.297 e. The van der Waals surface area contributed by atoms with Gasteiger partial charge in [0.1, 0.15) is 5.37 Å². The van der Waals surface area contributed by atoms with Crippen molar-refractivity contribution in [2.24, 2.45) is 5.92 Å². The molecule has 0 radical (unpaired) electrons. The average molecular weight is 233 g/mol. The highest BCUT2D eigenvalue weighted by Gasteiger charge is 2.41. The Morgan fingerprint density at radius 1 is 1.12 bits per heavy atom. The van der Waals surface area contributed by atoms with Crippen LogP contribution in [0.2, 0.25) is 0 Å². The zero-order chi connectivity index (χ0) is 11.0. The summed E-state index contributed by atoms with van der Waals surface area (Å²) in [6.45, 7) is 2.20. The maximum absolute atomic E-state index is 12.1. The zero-order valence-corrected chi connectivity index (χ0v) is 9.95. The van der Waals surface area contributed by atoms with Gasteiger partial charge in [-0.3, -0.25) is 9.69 Å². The lowest BCUT2D eigenvalue weighted by molar-refractivity contribution is -0.132. The minimum absolute atomic E-state index is 0.0786. The average Bonchev–Trinajstić information content (AvgIpc) is 2.36. The first kappa shape index (κ1) is 10.4. The van der Waals surface area contributed by atoms with Crippen LogP contribution in [0, 0.1) is 5.92 Å². The molecule has 3 aliphatic heterocycles. The van der Waals surface area contributed by atoms with Gasteiger partial charge in [0.25, 0.3) is 0 Å². The van der Waals surface area contributed by atoms with Crippen molar-refractivity contribution in [3.63, 3.8) is 0 Å². The third-order valence-electron chi connectivity index (χ3n) is 3.50. The number of Topliss-reactive ketones (excluding diaryl/α,β-unsaturated/α-hetero) is 1. The van der Waals surface area contributed by atoms with E-state index in [1.807, 2.05) is 18.2 Å². The molecule has 1 aromatic rings. The van der Waals surface area contributed by atoms with E-state index in [9.17, 15) is 4.79 Å². The predicted molar refractivity (Wildman–Crippen MR) is 65.4 cm³/mol. The molecule has 0 spiro atoms. The summed E-state index contributed by atoms with van der Waals surface area (Å²) in [5.74, 6) is 0.789. The highest BCUT2D eigenvalue weighted by molar-refractivity contribution is 8.00. The van der Waals surface area contributed by atoms with Crippen LogP contribution >= 0.6 is 11.8 Å². The van der Waals surface area contributed by atoms with Gasteiger partial charge in [-0.15, -0.1) is 0 Å². The number of hydrogen-bond acceptors (Lipinski definition) is 3. The fraction of sp³-hybridized carbons (Fsp3) is 0.462. The van der Waals surface area contributed by atoms with Crippen molar-refractivity contribution in [1.82, 2.24) is 4.90 Å². The molecule has 2 nitrogen and oxygen atoms in total. The van der Waals surface area contributed by atoms with Crippen LogP contribution in [0.15, 0.2) is 35.2 Å². The number of rotatable bonds is 2. The van der Waals surface area contributed by atoms with Crippen LogP contribution in [0.5, 0.6) is 0 Å². The Kier molecular flexibility index (Phi) is 2.74. The third-order valence-corrected chi connectivity index (χ3v) is 4.80. The molecule has 1 aromatic carbocycles. The maximum atomic E-state index is 12.1. The monoisotopic (exact) mass is 233 g/mol. The molecule has 0 aliphatic carbocycles. The minimum atomic E-state index is 0.0786. The number of benzene rings is 1. The van der Waals surface area contributed by atoms with E-state index < -0.39 is 0 Å². The second-order valence-electron chi connectivity index (χ2n) is 4.50. The third kappa shape index (κ3) is 1.78. The minimum Gasteiger partial charge on any atom is -0.297 e. The normalized spacial score (nSPS) is 33.0. The zero-order valence-electron chi connectivity index (χ0n) is 9.13. The Balaban J connectivity index is 1.78. The Morgan fingerprint density at radius 2 is 1.81 bits per heavy atom. The smallest absolute Gasteiger partial charge is 0.163 e. The first-order valence-electron chi connectivity index (χ1n) is 5.84. The number of carbonyl (C=O) groups excluding carboxylic acids is 1. The summed E-state index contributed by atoms with van der Waals surface area (Å²) in [5, 5.41) is 0.0786. The Morgan fingerprint density at radius 3 is 2.44 bits per heavy atom. The first-order valence-corrected chi connectivity index (χ1v) is 6.72. The molecule has 4 rings (SSSR count). The van der Waals surface area contributed by atoms with Crippen molar-refractivity contribution in [1.29, 1.82) is 0 Å². The molecule has 2 bridgehead atoms. The van der Waals surface area contributed by atoms with Crippen LogP contribution in [0.25, 0.3) is 0 Å². The van der Waals surface area contributed by atoms with Gasteiger partial charge in [-0.25, -0.2) is 0 Å². The lowest BCUT2D eigenvalue weighted by atomic mass is 9.87. The molecule has 0 N–H and O–H groups in total. The van der Waals surface area contributed by atoms with E-state index in [2.05, 4.69) is 17.0 Å². The van der Waals surface area contributed by atoms with E-state index in [4.69, 9.17) is 0 Å². The summed E-state index contributed by atoms with van der Waals surface area (Å²) in [4.78, 5) is 15.7. The lowest BCUT2D eigenvalue weighted by Crippen LogP contribution is -2.53. The van der Waals surface area contributed by atoms with Gasteiger partial charge in [0, 0.05) is 23.9 Å². The van der Waals surface area contributed by atoms with Gasteiger partial charge >= 0.3 is 0 Å². The van der Waals surface area contributed by atoms with E-state index in [-0.39, 0.29) is 5.37 Å². The number of piperidine rings is 3. The molecule has 16 heavy (non-hydrogen) atoms. The number of hydrogen-bond donors (Lipinski definition) is 0. The number of thioether (sulfide) groups is 1. The summed E-state index contributed by atoms with van der Waals surface area (Å²) in [5.41, 5.74) is 0. The summed E-state index contributed by atoms with van der Waals surface area (Å²) >= 11 is 1.71. The van der Waals surface area contributed by atoms with Crippen LogP contribution in [0.3, 0.4) is 0 Å². The summed E-state index contributed by atoms with van der Waals surface area (Å²) in [6, 6.07) is 10.2. The van der Waals surface area contributed by atoms with E-state index >= 15 is 0 Å². The lowest BCUT2D eigenvalue weighted by Gasteiger charge is -2.43. The van der Waals surface area contributed by atoms with Gasteiger partial charge in [-0.1, -0.05) is 30.0 Å². The Hall–Kier alpha value is -0.800. The van der Waals surface area contributed by atoms with Crippen LogP contribution in [-0.4, -0.2) is 29.1 Å². The molecule has 3 saturated heterocycles. The Bertz CT molecular complexity index is 384. The fourth-order valence-electron chi connectivity index (χ4n) is 2.56. The van der Waals surface area contributed by atoms with Gasteiger partial charge < -0.3 is 0 Å². The molecule has 0 saturated carbocycles. The van der Waals surface area contributed by atoms with Crippen molar-refractivity contribution in [2.45, 2.75) is 23.1 Å².